The largest absolute Gasteiger partial charge is 0.495 e. The van der Waals surface area contributed by atoms with Gasteiger partial charge >= 0.3 is 6.03 Å². The highest BCUT2D eigenvalue weighted by Crippen LogP contribution is 2.38. The number of benzene rings is 3. The number of hydrogen-bond donors (Lipinski definition) is 2. The van der Waals surface area contributed by atoms with E-state index >= 15 is 0 Å². The van der Waals surface area contributed by atoms with Crippen molar-refractivity contribution in [3.63, 3.8) is 0 Å². The summed E-state index contributed by atoms with van der Waals surface area (Å²) in [5.74, 6) is 0.278. The number of nitrogens with one attached hydrogen (secondary N) is 2. The van der Waals surface area contributed by atoms with Crippen LogP contribution in [0.2, 0.25) is 0 Å². The van der Waals surface area contributed by atoms with Crippen LogP contribution in [-0.2, 0) is 16.2 Å². The summed E-state index contributed by atoms with van der Waals surface area (Å²) in [5, 5.41) is 5.19. The van der Waals surface area contributed by atoms with E-state index < -0.39 is 24.4 Å². The zero-order chi connectivity index (χ0) is 27.9. The van der Waals surface area contributed by atoms with Gasteiger partial charge < -0.3 is 24.8 Å². The van der Waals surface area contributed by atoms with Gasteiger partial charge in [0.05, 0.1) is 23.9 Å². The van der Waals surface area contributed by atoms with Crippen LogP contribution in [-0.4, -0.2) is 43.0 Å². The molecule has 0 aromatic heterocycles. The smallest absolute Gasteiger partial charge is 0.329 e. The van der Waals surface area contributed by atoms with Crippen LogP contribution in [0.15, 0.2) is 75.3 Å². The van der Waals surface area contributed by atoms with Crippen molar-refractivity contribution in [3.8, 4) is 17.2 Å². The summed E-state index contributed by atoms with van der Waals surface area (Å²) in [4.78, 5) is 38.9. The fourth-order valence-corrected chi connectivity index (χ4v) is 4.61. The lowest BCUT2D eigenvalue weighted by molar-refractivity contribution is -0.127. The molecule has 1 aliphatic heterocycles. The van der Waals surface area contributed by atoms with Gasteiger partial charge in [0.25, 0.3) is 5.91 Å². The number of nitrogens with zero attached hydrogens (tertiary/aromatic N) is 1. The second kappa shape index (κ2) is 12.8. The lowest BCUT2D eigenvalue weighted by atomic mass is 10.1. The number of imide groups is 1. The number of para-hydroxylation sites is 2. The molecule has 9 nitrogen and oxygen atoms in total. The van der Waals surface area contributed by atoms with Crippen LogP contribution in [0, 0.1) is 0 Å². The molecule has 3 aromatic rings. The maximum atomic E-state index is 13.0. The Morgan fingerprint density at radius 2 is 1.77 bits per heavy atom. The van der Waals surface area contributed by atoms with Gasteiger partial charge in [-0.3, -0.25) is 9.59 Å². The Labute approximate surface area is 242 Å². The lowest BCUT2D eigenvalue weighted by Crippen LogP contribution is -2.38. The first-order chi connectivity index (χ1) is 18.8. The van der Waals surface area contributed by atoms with Gasteiger partial charge in [-0.15, -0.1) is 0 Å². The first-order valence-corrected chi connectivity index (χ1v) is 13.5. The minimum atomic E-state index is -0.694. The number of ether oxygens (including phenoxy) is 3. The Kier molecular flexibility index (Phi) is 9.26. The standard InChI is InChI=1S/C28H25Br2N3O6/c1-3-38-24-14-18(12-20(30)26(24)39-16-17-8-10-19(29)11-9-17)13-22-27(35)33(28(36)32-22)15-25(34)31-21-6-4-5-7-23(21)37-2/h4-14H,3,15-16H2,1-2H3,(H,31,34)(H,32,36)/b22-13+. The number of hydrogen-bond acceptors (Lipinski definition) is 6. The van der Waals surface area contributed by atoms with Crippen LogP contribution in [0.1, 0.15) is 18.1 Å². The molecular formula is C28H25Br2N3O6. The van der Waals surface area contributed by atoms with E-state index in [1.54, 1.807) is 36.4 Å². The van der Waals surface area contributed by atoms with Gasteiger partial charge in [0.1, 0.15) is 24.6 Å². The maximum absolute atomic E-state index is 13.0. The Balaban J connectivity index is 1.49. The van der Waals surface area contributed by atoms with Crippen molar-refractivity contribution >= 4 is 61.5 Å². The molecule has 0 radical (unpaired) electrons. The fourth-order valence-electron chi connectivity index (χ4n) is 3.77. The number of rotatable bonds is 10. The third kappa shape index (κ3) is 6.98. The van der Waals surface area contributed by atoms with Crippen LogP contribution in [0.5, 0.6) is 17.2 Å². The van der Waals surface area contributed by atoms with E-state index in [0.717, 1.165) is 14.9 Å². The highest BCUT2D eigenvalue weighted by molar-refractivity contribution is 9.10. The summed E-state index contributed by atoms with van der Waals surface area (Å²) in [6, 6.07) is 17.4. The first-order valence-electron chi connectivity index (χ1n) is 11.9. The normalized spacial score (nSPS) is 13.8. The van der Waals surface area contributed by atoms with Gasteiger partial charge in [0.15, 0.2) is 11.5 Å². The van der Waals surface area contributed by atoms with Gasteiger partial charge in [0, 0.05) is 4.47 Å². The average Bonchev–Trinajstić information content (AvgIpc) is 3.16. The second-order valence-electron chi connectivity index (χ2n) is 8.31. The summed E-state index contributed by atoms with van der Waals surface area (Å²) < 4.78 is 18.6. The van der Waals surface area contributed by atoms with Crippen molar-refractivity contribution in [2.45, 2.75) is 13.5 Å². The third-order valence-electron chi connectivity index (χ3n) is 5.58. The molecule has 0 unspecified atom stereocenters. The summed E-state index contributed by atoms with van der Waals surface area (Å²) in [7, 11) is 1.48. The molecule has 1 heterocycles. The minimum absolute atomic E-state index is 0.0305. The molecule has 4 amide bonds. The molecule has 11 heteroatoms. The molecule has 4 rings (SSSR count). The van der Waals surface area contributed by atoms with E-state index in [-0.39, 0.29) is 5.70 Å². The molecule has 3 aromatic carbocycles. The maximum Gasteiger partial charge on any atom is 0.329 e. The summed E-state index contributed by atoms with van der Waals surface area (Å²) >= 11 is 6.95. The third-order valence-corrected chi connectivity index (χ3v) is 6.70. The number of carbonyl (C=O) groups is 3. The van der Waals surface area contributed by atoms with E-state index in [9.17, 15) is 14.4 Å². The van der Waals surface area contributed by atoms with Crippen molar-refractivity contribution in [3.05, 3.63) is 86.4 Å². The zero-order valence-electron chi connectivity index (χ0n) is 21.1. The molecule has 202 valence electrons. The van der Waals surface area contributed by atoms with Gasteiger partial charge in [-0.05, 0) is 76.5 Å². The second-order valence-corrected chi connectivity index (χ2v) is 10.1. The molecule has 0 aliphatic carbocycles. The summed E-state index contributed by atoms with van der Waals surface area (Å²) in [6.07, 6.45) is 1.52. The van der Waals surface area contributed by atoms with Crippen molar-refractivity contribution in [1.29, 1.82) is 0 Å². The molecule has 1 aliphatic rings. The fraction of sp³-hybridized carbons (Fsp3) is 0.179. The molecule has 0 bridgehead atoms. The van der Waals surface area contributed by atoms with Crippen LogP contribution >= 0.6 is 31.9 Å². The highest BCUT2D eigenvalue weighted by atomic mass is 79.9. The minimum Gasteiger partial charge on any atom is -0.495 e. The molecule has 0 spiro atoms. The number of methoxy groups -OCH3 is 1. The number of urea groups is 1. The molecule has 0 saturated carbocycles. The topological polar surface area (TPSA) is 106 Å². The SMILES string of the molecule is CCOc1cc(/C=C2/NC(=O)N(CC(=O)Nc3ccccc3OC)C2=O)cc(Br)c1OCc1ccc(Br)cc1. The van der Waals surface area contributed by atoms with Crippen LogP contribution < -0.4 is 24.8 Å². The van der Waals surface area contributed by atoms with Crippen molar-refractivity contribution in [2.75, 3.05) is 25.6 Å². The monoisotopic (exact) mass is 657 g/mol. The van der Waals surface area contributed by atoms with E-state index in [0.29, 0.717) is 46.2 Å². The van der Waals surface area contributed by atoms with Crippen molar-refractivity contribution in [2.24, 2.45) is 0 Å². The van der Waals surface area contributed by atoms with E-state index in [4.69, 9.17) is 14.2 Å². The number of carbonyl (C=O) groups excluding carboxylic acids is 3. The number of amides is 4. The summed E-state index contributed by atoms with van der Waals surface area (Å²) in [6.45, 7) is 2.11. The summed E-state index contributed by atoms with van der Waals surface area (Å²) in [5.41, 5.74) is 2.03. The quantitative estimate of drug-likeness (QED) is 0.213. The van der Waals surface area contributed by atoms with Gasteiger partial charge in [0.2, 0.25) is 5.91 Å². The lowest BCUT2D eigenvalue weighted by Gasteiger charge is -2.15. The predicted molar refractivity (Wildman–Crippen MR) is 154 cm³/mol. The van der Waals surface area contributed by atoms with E-state index in [1.165, 1.54) is 13.2 Å². The first kappa shape index (κ1) is 28.2. The molecule has 39 heavy (non-hydrogen) atoms. The van der Waals surface area contributed by atoms with Crippen LogP contribution in [0.3, 0.4) is 0 Å². The Bertz CT molecular complexity index is 1430. The predicted octanol–water partition coefficient (Wildman–Crippen LogP) is 5.73. The zero-order valence-corrected chi connectivity index (χ0v) is 24.3. The van der Waals surface area contributed by atoms with Gasteiger partial charge in [-0.25, -0.2) is 9.69 Å². The Hall–Kier alpha value is -3.83. The highest BCUT2D eigenvalue weighted by Gasteiger charge is 2.35. The van der Waals surface area contributed by atoms with E-state index in [2.05, 4.69) is 42.5 Å². The Morgan fingerprint density at radius 1 is 1.03 bits per heavy atom. The molecule has 1 saturated heterocycles. The molecule has 0 atom stereocenters. The molecule has 2 N–H and O–H groups in total. The van der Waals surface area contributed by atoms with Crippen LogP contribution in [0.25, 0.3) is 6.08 Å². The van der Waals surface area contributed by atoms with Gasteiger partial charge in [-0.1, -0.05) is 40.2 Å². The van der Waals surface area contributed by atoms with E-state index in [1.807, 2.05) is 31.2 Å². The number of halogens is 2. The van der Waals surface area contributed by atoms with Crippen molar-refractivity contribution in [1.82, 2.24) is 10.2 Å². The average molecular weight is 659 g/mol. The van der Waals surface area contributed by atoms with Crippen LogP contribution in [0.4, 0.5) is 10.5 Å². The van der Waals surface area contributed by atoms with Gasteiger partial charge in [-0.2, -0.15) is 0 Å². The van der Waals surface area contributed by atoms with Crippen molar-refractivity contribution < 1.29 is 28.6 Å². The Morgan fingerprint density at radius 3 is 2.49 bits per heavy atom. The molecule has 1 fully saturated rings. The molecular weight excluding hydrogens is 634 g/mol. The number of anilines is 1.